The van der Waals surface area contributed by atoms with E-state index in [0.29, 0.717) is 18.2 Å². The lowest BCUT2D eigenvalue weighted by atomic mass is 10.1. The minimum Gasteiger partial charge on any atom is -0.399 e. The number of aromatic nitrogens is 1. The lowest BCUT2D eigenvalue weighted by Crippen LogP contribution is -2.27. The van der Waals surface area contributed by atoms with Crippen molar-refractivity contribution in [3.8, 4) is 6.19 Å². The van der Waals surface area contributed by atoms with Gasteiger partial charge in [0.1, 0.15) is 0 Å². The first-order valence-corrected chi connectivity index (χ1v) is 7.83. The second kappa shape index (κ2) is 7.32. The molecule has 4 N–H and O–H groups in total. The molecule has 0 aliphatic carbocycles. The summed E-state index contributed by atoms with van der Waals surface area (Å²) in [6.07, 6.45) is 1.92. The van der Waals surface area contributed by atoms with Crippen LogP contribution in [0.1, 0.15) is 11.3 Å². The SMILES string of the molecule is Cc1cc(NC(=NCc2ccc(N)cc2)NC#N)c2ccccc2n1. The molecule has 0 bridgehead atoms. The molecule has 124 valence electrons. The number of benzene rings is 2. The fraction of sp³-hybridized carbons (Fsp3) is 0.105. The highest BCUT2D eigenvalue weighted by Crippen LogP contribution is 2.22. The molecular weight excluding hydrogens is 312 g/mol. The number of rotatable bonds is 3. The molecular formula is C19H18N6. The van der Waals surface area contributed by atoms with E-state index in [9.17, 15) is 0 Å². The number of nitrogens with zero attached hydrogens (tertiary/aromatic N) is 3. The summed E-state index contributed by atoms with van der Waals surface area (Å²) in [7, 11) is 0. The van der Waals surface area contributed by atoms with Gasteiger partial charge in [0.2, 0.25) is 5.96 Å². The van der Waals surface area contributed by atoms with E-state index in [1.54, 1.807) is 0 Å². The number of hydrogen-bond donors (Lipinski definition) is 3. The monoisotopic (exact) mass is 330 g/mol. The predicted octanol–water partition coefficient (Wildman–Crippen LogP) is 3.16. The predicted molar refractivity (Wildman–Crippen MR) is 101 cm³/mol. The number of fused-ring (bicyclic) bond motifs is 1. The highest BCUT2D eigenvalue weighted by molar-refractivity contribution is 6.02. The first-order valence-electron chi connectivity index (χ1n) is 7.83. The van der Waals surface area contributed by atoms with Gasteiger partial charge in [-0.05, 0) is 36.8 Å². The number of aryl methyl sites for hydroxylation is 1. The summed E-state index contributed by atoms with van der Waals surface area (Å²) in [5.41, 5.74) is 10.0. The minimum atomic E-state index is 0.384. The third-order valence-electron chi connectivity index (χ3n) is 3.67. The topological polar surface area (TPSA) is 99.1 Å². The Morgan fingerprint density at radius 2 is 1.96 bits per heavy atom. The van der Waals surface area contributed by atoms with Crippen LogP contribution < -0.4 is 16.4 Å². The molecule has 0 saturated carbocycles. The Kier molecular flexibility index (Phi) is 4.77. The van der Waals surface area contributed by atoms with Crippen LogP contribution in [-0.4, -0.2) is 10.9 Å². The van der Waals surface area contributed by atoms with Crippen LogP contribution in [0.4, 0.5) is 11.4 Å². The number of para-hydroxylation sites is 1. The zero-order chi connectivity index (χ0) is 17.6. The second-order valence-corrected chi connectivity index (χ2v) is 5.60. The third-order valence-corrected chi connectivity index (χ3v) is 3.67. The van der Waals surface area contributed by atoms with Crippen LogP contribution >= 0.6 is 0 Å². The summed E-state index contributed by atoms with van der Waals surface area (Å²) in [5, 5.41) is 15.8. The number of pyridine rings is 1. The van der Waals surface area contributed by atoms with Gasteiger partial charge in [0, 0.05) is 16.8 Å². The number of guanidine groups is 1. The number of nitrogen functional groups attached to an aromatic ring is 1. The summed E-state index contributed by atoms with van der Waals surface area (Å²) in [6, 6.07) is 17.2. The van der Waals surface area contributed by atoms with Gasteiger partial charge in [-0.3, -0.25) is 10.3 Å². The highest BCUT2D eigenvalue weighted by Gasteiger charge is 2.06. The van der Waals surface area contributed by atoms with Gasteiger partial charge in [-0.2, -0.15) is 5.26 Å². The van der Waals surface area contributed by atoms with Gasteiger partial charge >= 0.3 is 0 Å². The molecule has 0 unspecified atom stereocenters. The van der Waals surface area contributed by atoms with Gasteiger partial charge in [-0.1, -0.05) is 30.3 Å². The summed E-state index contributed by atoms with van der Waals surface area (Å²) < 4.78 is 0. The second-order valence-electron chi connectivity index (χ2n) is 5.60. The van der Waals surface area contributed by atoms with Crippen LogP contribution in [0.5, 0.6) is 0 Å². The van der Waals surface area contributed by atoms with Gasteiger partial charge in [0.25, 0.3) is 0 Å². The first kappa shape index (κ1) is 16.3. The molecule has 6 nitrogen and oxygen atoms in total. The third kappa shape index (κ3) is 4.03. The van der Waals surface area contributed by atoms with E-state index < -0.39 is 0 Å². The summed E-state index contributed by atoms with van der Waals surface area (Å²) in [6.45, 7) is 2.36. The van der Waals surface area contributed by atoms with Crippen LogP contribution in [0.2, 0.25) is 0 Å². The number of nitrogens with one attached hydrogen (secondary N) is 2. The van der Waals surface area contributed by atoms with E-state index >= 15 is 0 Å². The fourth-order valence-electron chi connectivity index (χ4n) is 2.50. The highest BCUT2D eigenvalue weighted by atomic mass is 15.2. The quantitative estimate of drug-likeness (QED) is 0.225. The normalized spacial score (nSPS) is 11.1. The van der Waals surface area contributed by atoms with Crippen molar-refractivity contribution in [3.05, 3.63) is 65.9 Å². The largest absolute Gasteiger partial charge is 0.399 e. The van der Waals surface area contributed by atoms with Crippen LogP contribution in [0, 0.1) is 18.4 Å². The van der Waals surface area contributed by atoms with Crippen LogP contribution in [0.3, 0.4) is 0 Å². The molecule has 1 heterocycles. The van der Waals surface area contributed by atoms with Gasteiger partial charge in [-0.25, -0.2) is 4.99 Å². The molecule has 0 aliphatic heterocycles. The molecule has 0 radical (unpaired) electrons. The zero-order valence-electron chi connectivity index (χ0n) is 13.8. The van der Waals surface area contributed by atoms with E-state index in [1.165, 1.54) is 0 Å². The van der Waals surface area contributed by atoms with Gasteiger partial charge in [-0.15, -0.1) is 0 Å². The van der Waals surface area contributed by atoms with Crippen LogP contribution in [0.25, 0.3) is 10.9 Å². The Hall–Kier alpha value is -3.59. The van der Waals surface area contributed by atoms with Crippen molar-refractivity contribution < 1.29 is 0 Å². The molecule has 25 heavy (non-hydrogen) atoms. The Bertz CT molecular complexity index is 954. The van der Waals surface area contributed by atoms with E-state index in [1.807, 2.05) is 67.7 Å². The number of nitrogens with two attached hydrogens (primary N) is 1. The summed E-state index contributed by atoms with van der Waals surface area (Å²) in [5.74, 6) is 0.384. The Morgan fingerprint density at radius 3 is 2.72 bits per heavy atom. The zero-order valence-corrected chi connectivity index (χ0v) is 13.8. The molecule has 3 rings (SSSR count). The molecule has 1 aromatic heterocycles. The van der Waals surface area contributed by atoms with Gasteiger partial charge in [0.15, 0.2) is 6.19 Å². The van der Waals surface area contributed by atoms with E-state index in [-0.39, 0.29) is 0 Å². The van der Waals surface area contributed by atoms with Crippen LogP contribution in [-0.2, 0) is 6.54 Å². The fourth-order valence-corrected chi connectivity index (χ4v) is 2.50. The minimum absolute atomic E-state index is 0.384. The van der Waals surface area contributed by atoms with Crippen molar-refractivity contribution in [2.75, 3.05) is 11.1 Å². The smallest absolute Gasteiger partial charge is 0.209 e. The molecule has 6 heteroatoms. The lowest BCUT2D eigenvalue weighted by molar-refractivity contribution is 1.04. The van der Waals surface area contributed by atoms with Crippen molar-refractivity contribution in [3.63, 3.8) is 0 Å². The Morgan fingerprint density at radius 1 is 1.20 bits per heavy atom. The Labute approximate surface area is 146 Å². The average molecular weight is 330 g/mol. The summed E-state index contributed by atoms with van der Waals surface area (Å²) >= 11 is 0. The number of aliphatic imine (C=N–C) groups is 1. The molecule has 0 spiro atoms. The van der Waals surface area contributed by atoms with E-state index in [4.69, 9.17) is 11.0 Å². The maximum Gasteiger partial charge on any atom is 0.209 e. The maximum absolute atomic E-state index is 9.01. The van der Waals surface area contributed by atoms with Crippen molar-refractivity contribution in [2.45, 2.75) is 13.5 Å². The van der Waals surface area contributed by atoms with Gasteiger partial charge in [0.05, 0.1) is 17.7 Å². The van der Waals surface area contributed by atoms with Crippen molar-refractivity contribution in [1.82, 2.24) is 10.3 Å². The van der Waals surface area contributed by atoms with Crippen molar-refractivity contribution in [1.29, 1.82) is 5.26 Å². The number of anilines is 2. The molecule has 0 amide bonds. The molecule has 0 atom stereocenters. The van der Waals surface area contributed by atoms with Crippen molar-refractivity contribution >= 4 is 28.2 Å². The van der Waals surface area contributed by atoms with E-state index in [0.717, 1.165) is 27.8 Å². The first-order chi connectivity index (χ1) is 12.2. The molecule has 2 aromatic carbocycles. The summed E-state index contributed by atoms with van der Waals surface area (Å²) in [4.78, 5) is 8.97. The van der Waals surface area contributed by atoms with Gasteiger partial charge < -0.3 is 11.1 Å². The van der Waals surface area contributed by atoms with E-state index in [2.05, 4.69) is 20.6 Å². The van der Waals surface area contributed by atoms with Crippen molar-refractivity contribution in [2.24, 2.45) is 4.99 Å². The Balaban J connectivity index is 1.88. The maximum atomic E-state index is 9.01. The standard InChI is InChI=1S/C19H18N6/c1-13-10-18(16-4-2-3-5-17(16)24-13)25-19(23-12-20)22-11-14-6-8-15(21)9-7-14/h2-10H,11,21H2,1H3,(H2,22,23,24,25). The molecule has 3 aromatic rings. The number of hydrogen-bond acceptors (Lipinski definition) is 4. The molecule has 0 fully saturated rings. The average Bonchev–Trinajstić information content (AvgIpc) is 2.61. The molecule has 0 saturated heterocycles. The van der Waals surface area contributed by atoms with Crippen LogP contribution in [0.15, 0.2) is 59.6 Å². The molecule has 0 aliphatic rings. The number of nitriles is 1. The lowest BCUT2D eigenvalue weighted by Gasteiger charge is -2.12.